The van der Waals surface area contributed by atoms with Crippen molar-refractivity contribution in [2.75, 3.05) is 39.3 Å². The molecule has 0 saturated heterocycles. The van der Waals surface area contributed by atoms with Crippen molar-refractivity contribution in [2.45, 2.75) is 129 Å². The number of nitrogens with one attached hydrogen (secondary N) is 3. The molecule has 0 radical (unpaired) electrons. The number of fused-ring (bicyclic) bond motifs is 5. The molecule has 4 aliphatic rings. The molecule has 236 valence electrons. The van der Waals surface area contributed by atoms with Crippen LogP contribution in [-0.4, -0.2) is 56.4 Å². The predicted octanol–water partition coefficient (Wildman–Crippen LogP) is 6.26. The second kappa shape index (κ2) is 16.2. The van der Waals surface area contributed by atoms with Gasteiger partial charge in [0, 0.05) is 12.5 Å². The first kappa shape index (κ1) is 33.0. The highest BCUT2D eigenvalue weighted by atomic mass is 16.4. The summed E-state index contributed by atoms with van der Waals surface area (Å²) >= 11 is 0. The molecule has 0 amide bonds. The molecule has 0 spiro atoms. The number of allylic oxidation sites excluding steroid dienone is 1. The summed E-state index contributed by atoms with van der Waals surface area (Å²) in [5.74, 6) is 2.88. The zero-order valence-electron chi connectivity index (χ0n) is 26.7. The Kier molecular flexibility index (Phi) is 13.0. The van der Waals surface area contributed by atoms with Gasteiger partial charge in [-0.05, 0) is 164 Å². The molecule has 4 aliphatic carbocycles. The largest absolute Gasteiger partial charge is 0.481 e. The summed E-state index contributed by atoms with van der Waals surface area (Å²) in [6, 6.07) is 0.663. The van der Waals surface area contributed by atoms with Gasteiger partial charge in [0.05, 0.1) is 0 Å². The minimum absolute atomic E-state index is 0.337. The second-order valence-electron chi connectivity index (χ2n) is 14.7. The zero-order chi connectivity index (χ0) is 29.1. The van der Waals surface area contributed by atoms with E-state index in [0.717, 1.165) is 82.2 Å². The molecule has 0 heterocycles. The van der Waals surface area contributed by atoms with E-state index in [1.165, 1.54) is 83.5 Å². The highest BCUT2D eigenvalue weighted by molar-refractivity contribution is 5.66. The van der Waals surface area contributed by atoms with Gasteiger partial charge in [-0.1, -0.05) is 38.3 Å². The molecule has 6 heteroatoms. The van der Waals surface area contributed by atoms with Gasteiger partial charge in [-0.25, -0.2) is 0 Å². The molecular formula is C35H64N4O2. The van der Waals surface area contributed by atoms with E-state index >= 15 is 0 Å². The third kappa shape index (κ3) is 8.58. The lowest BCUT2D eigenvalue weighted by Crippen LogP contribution is -2.51. The molecular weight excluding hydrogens is 508 g/mol. The number of carboxylic acids is 1. The van der Waals surface area contributed by atoms with Crippen LogP contribution in [-0.2, 0) is 4.79 Å². The highest BCUT2D eigenvalue weighted by Gasteiger charge is 2.58. The Morgan fingerprint density at radius 1 is 0.878 bits per heavy atom. The van der Waals surface area contributed by atoms with E-state index in [2.05, 4.69) is 35.9 Å². The maximum absolute atomic E-state index is 10.9. The molecule has 7 unspecified atom stereocenters. The van der Waals surface area contributed by atoms with Crippen LogP contribution in [0.3, 0.4) is 0 Å². The molecule has 0 aliphatic heterocycles. The number of nitrogens with two attached hydrogens (primary N) is 1. The Morgan fingerprint density at radius 3 is 2.39 bits per heavy atom. The van der Waals surface area contributed by atoms with Crippen LogP contribution in [0.2, 0.25) is 0 Å². The van der Waals surface area contributed by atoms with Gasteiger partial charge in [0.2, 0.25) is 0 Å². The van der Waals surface area contributed by atoms with Crippen LogP contribution >= 0.6 is 0 Å². The first-order chi connectivity index (χ1) is 19.9. The molecule has 3 saturated carbocycles. The number of hydrogen-bond acceptors (Lipinski definition) is 5. The molecule has 6 nitrogen and oxygen atoms in total. The van der Waals surface area contributed by atoms with Crippen molar-refractivity contribution >= 4 is 5.97 Å². The Hall–Kier alpha value is -0.950. The smallest absolute Gasteiger partial charge is 0.303 e. The van der Waals surface area contributed by atoms with Crippen LogP contribution in [0.1, 0.15) is 123 Å². The van der Waals surface area contributed by atoms with Crippen molar-refractivity contribution in [2.24, 2.45) is 40.2 Å². The van der Waals surface area contributed by atoms with Gasteiger partial charge in [-0.2, -0.15) is 0 Å². The van der Waals surface area contributed by atoms with Crippen molar-refractivity contribution in [1.29, 1.82) is 0 Å². The normalized spacial score (nSPS) is 34.5. The molecule has 6 N–H and O–H groups in total. The van der Waals surface area contributed by atoms with Crippen molar-refractivity contribution in [3.8, 4) is 0 Å². The molecule has 0 aromatic carbocycles. The minimum atomic E-state index is -0.642. The maximum Gasteiger partial charge on any atom is 0.303 e. The molecule has 7 atom stereocenters. The lowest BCUT2D eigenvalue weighted by Gasteiger charge is -2.58. The summed E-state index contributed by atoms with van der Waals surface area (Å²) in [4.78, 5) is 10.9. The van der Waals surface area contributed by atoms with Crippen LogP contribution in [0.5, 0.6) is 0 Å². The van der Waals surface area contributed by atoms with Gasteiger partial charge in [-0.3, -0.25) is 4.79 Å². The lowest BCUT2D eigenvalue weighted by molar-refractivity contribution is -0.137. The van der Waals surface area contributed by atoms with E-state index in [9.17, 15) is 4.79 Å². The average molecular weight is 573 g/mol. The number of rotatable bonds is 19. The number of carboxylic acid groups (broad SMARTS) is 1. The minimum Gasteiger partial charge on any atom is -0.481 e. The highest BCUT2D eigenvalue weighted by Crippen LogP contribution is 2.66. The predicted molar refractivity (Wildman–Crippen MR) is 171 cm³/mol. The number of unbranched alkanes of at least 4 members (excludes halogenated alkanes) is 3. The van der Waals surface area contributed by atoms with Crippen LogP contribution in [0.25, 0.3) is 0 Å². The maximum atomic E-state index is 10.9. The summed E-state index contributed by atoms with van der Waals surface area (Å²) in [5, 5.41) is 20.0. The van der Waals surface area contributed by atoms with Crippen LogP contribution in [0.4, 0.5) is 0 Å². The van der Waals surface area contributed by atoms with Gasteiger partial charge >= 0.3 is 5.97 Å². The standard InChI is InChI=1S/C35H64N4O2/c1-34-19-17-32-30(31(34)15-13-27(34)10-4-3-5-11-33(40)41)14-12-28-26-29(16-18-35(28,32)2)39-25-9-24-38-22-7-6-21-37-23-8-20-36/h12,27,29-32,37-39H,3-11,13-26,36H2,1-2H3,(H,40,41). The van der Waals surface area contributed by atoms with E-state index < -0.39 is 5.97 Å². The SMILES string of the molecule is CC12CCC(NCCCNCCCCNCCCN)CC1=CCC1C2CCC2(C)C(CCCCCC(=O)O)CCC12. The molecule has 41 heavy (non-hydrogen) atoms. The van der Waals surface area contributed by atoms with Gasteiger partial charge in [-0.15, -0.1) is 0 Å². The fraction of sp³-hybridized carbons (Fsp3) is 0.914. The fourth-order valence-electron chi connectivity index (χ4n) is 9.76. The van der Waals surface area contributed by atoms with Crippen LogP contribution < -0.4 is 21.7 Å². The Balaban J connectivity index is 1.15. The molecule has 4 rings (SSSR count). The van der Waals surface area contributed by atoms with Gasteiger partial charge in [0.1, 0.15) is 0 Å². The molecule has 0 bridgehead atoms. The van der Waals surface area contributed by atoms with Gasteiger partial charge in [0.15, 0.2) is 0 Å². The van der Waals surface area contributed by atoms with Crippen LogP contribution in [0, 0.1) is 34.5 Å². The third-order valence-corrected chi connectivity index (χ3v) is 12.2. The first-order valence-corrected chi connectivity index (χ1v) is 17.6. The molecule has 0 aromatic rings. The Bertz CT molecular complexity index is 833. The fourth-order valence-corrected chi connectivity index (χ4v) is 9.76. The number of hydrogen-bond donors (Lipinski definition) is 5. The van der Waals surface area contributed by atoms with Crippen LogP contribution in [0.15, 0.2) is 11.6 Å². The Morgan fingerprint density at radius 2 is 1.63 bits per heavy atom. The van der Waals surface area contributed by atoms with Gasteiger partial charge < -0.3 is 26.8 Å². The summed E-state index contributed by atoms with van der Waals surface area (Å²) in [6.45, 7) is 11.6. The molecule has 3 fully saturated rings. The average Bonchev–Trinajstić information content (AvgIpc) is 3.29. The quantitative estimate of drug-likeness (QED) is 0.0926. The third-order valence-electron chi connectivity index (χ3n) is 12.2. The summed E-state index contributed by atoms with van der Waals surface area (Å²) < 4.78 is 0. The topological polar surface area (TPSA) is 99.4 Å². The zero-order valence-corrected chi connectivity index (χ0v) is 26.7. The Labute approximate surface area is 251 Å². The van der Waals surface area contributed by atoms with Crippen molar-refractivity contribution < 1.29 is 9.90 Å². The van der Waals surface area contributed by atoms with E-state index in [0.29, 0.717) is 23.3 Å². The number of carbonyl (C=O) groups is 1. The van der Waals surface area contributed by atoms with Crippen molar-refractivity contribution in [3.63, 3.8) is 0 Å². The van der Waals surface area contributed by atoms with Crippen molar-refractivity contribution in [3.05, 3.63) is 11.6 Å². The van der Waals surface area contributed by atoms with Crippen molar-refractivity contribution in [1.82, 2.24) is 16.0 Å². The second-order valence-corrected chi connectivity index (χ2v) is 14.7. The summed E-state index contributed by atoms with van der Waals surface area (Å²) in [5.41, 5.74) is 8.27. The van der Waals surface area contributed by atoms with E-state index in [1.54, 1.807) is 5.57 Å². The number of aliphatic carboxylic acids is 1. The van der Waals surface area contributed by atoms with Gasteiger partial charge in [0.25, 0.3) is 0 Å². The lowest BCUT2D eigenvalue weighted by atomic mass is 9.47. The first-order valence-electron chi connectivity index (χ1n) is 17.6. The van der Waals surface area contributed by atoms with E-state index in [4.69, 9.17) is 10.8 Å². The van der Waals surface area contributed by atoms with E-state index in [-0.39, 0.29) is 0 Å². The molecule has 0 aromatic heterocycles. The van der Waals surface area contributed by atoms with E-state index in [1.807, 2.05) is 0 Å². The summed E-state index contributed by atoms with van der Waals surface area (Å²) in [7, 11) is 0. The summed E-state index contributed by atoms with van der Waals surface area (Å²) in [6.07, 6.45) is 23.3. The monoisotopic (exact) mass is 573 g/mol.